The number of nitrogens with zero attached hydrogens (tertiary/aromatic N) is 1. The van der Waals surface area contributed by atoms with E-state index in [1.54, 1.807) is 6.07 Å². The van der Waals surface area contributed by atoms with Crippen molar-refractivity contribution in [3.05, 3.63) is 29.0 Å². The van der Waals surface area contributed by atoms with E-state index in [9.17, 15) is 0 Å². The Morgan fingerprint density at radius 2 is 1.95 bits per heavy atom. The summed E-state index contributed by atoms with van der Waals surface area (Å²) in [5, 5.41) is 0.663. The molecule has 0 radical (unpaired) electrons. The van der Waals surface area contributed by atoms with Crippen LogP contribution < -0.4 is 0 Å². The van der Waals surface area contributed by atoms with Crippen LogP contribution in [-0.2, 0) is 14.8 Å². The fourth-order valence-electron chi connectivity index (χ4n) is 1.85. The van der Waals surface area contributed by atoms with Gasteiger partial charge in [0.25, 0.3) is 0 Å². The standard InChI is InChI=1S/C14H22ClNO2Si/c1-13(2,3)19(4,5)18-14(9-17-10-14)11-7-6-8-12(15)16-11/h6-8H,9-10H2,1-5H3. The number of hydrogen-bond donors (Lipinski definition) is 0. The van der Waals surface area contributed by atoms with Crippen LogP contribution in [0.3, 0.4) is 0 Å². The predicted octanol–water partition coefficient (Wildman–Crippen LogP) is 3.98. The molecule has 0 N–H and O–H groups in total. The second kappa shape index (κ2) is 4.84. The highest BCUT2D eigenvalue weighted by molar-refractivity contribution is 6.74. The molecule has 1 fully saturated rings. The van der Waals surface area contributed by atoms with Gasteiger partial charge < -0.3 is 9.16 Å². The zero-order chi connectivity index (χ0) is 14.3. The smallest absolute Gasteiger partial charge is 0.193 e. The van der Waals surface area contributed by atoms with Crippen LogP contribution >= 0.6 is 11.6 Å². The van der Waals surface area contributed by atoms with Crippen LogP contribution in [0.25, 0.3) is 0 Å². The van der Waals surface area contributed by atoms with E-state index < -0.39 is 13.9 Å². The fourth-order valence-corrected chi connectivity index (χ4v) is 3.52. The number of rotatable bonds is 3. The molecule has 2 rings (SSSR count). The van der Waals surface area contributed by atoms with Crippen molar-refractivity contribution in [2.75, 3.05) is 13.2 Å². The Hall–Kier alpha value is -0.423. The van der Waals surface area contributed by atoms with Crippen molar-refractivity contribution in [1.29, 1.82) is 0 Å². The predicted molar refractivity (Wildman–Crippen MR) is 80.0 cm³/mol. The third kappa shape index (κ3) is 2.87. The number of aromatic nitrogens is 1. The van der Waals surface area contributed by atoms with Crippen LogP contribution in [-0.4, -0.2) is 26.5 Å². The Kier molecular flexibility index (Phi) is 3.82. The average Bonchev–Trinajstić information content (AvgIpc) is 2.22. The molecule has 0 atom stereocenters. The van der Waals surface area contributed by atoms with Gasteiger partial charge >= 0.3 is 0 Å². The summed E-state index contributed by atoms with van der Waals surface area (Å²) in [6, 6.07) is 5.67. The zero-order valence-electron chi connectivity index (χ0n) is 12.3. The molecule has 106 valence electrons. The van der Waals surface area contributed by atoms with E-state index in [2.05, 4.69) is 38.8 Å². The van der Waals surface area contributed by atoms with Gasteiger partial charge in [0, 0.05) is 0 Å². The molecule has 5 heteroatoms. The maximum absolute atomic E-state index is 6.56. The minimum absolute atomic E-state index is 0.161. The van der Waals surface area contributed by atoms with E-state index in [0.717, 1.165) is 5.69 Å². The molecule has 0 aliphatic carbocycles. The fraction of sp³-hybridized carbons (Fsp3) is 0.643. The first-order chi connectivity index (χ1) is 8.66. The minimum Gasteiger partial charge on any atom is -0.402 e. The summed E-state index contributed by atoms with van der Waals surface area (Å²) in [7, 11) is -1.87. The molecule has 1 aliphatic heterocycles. The Morgan fingerprint density at radius 3 is 2.37 bits per heavy atom. The van der Waals surface area contributed by atoms with Gasteiger partial charge in [0.05, 0.1) is 18.9 Å². The second-order valence-electron chi connectivity index (χ2n) is 6.70. The molecule has 3 nitrogen and oxygen atoms in total. The van der Waals surface area contributed by atoms with Gasteiger partial charge in [0.2, 0.25) is 0 Å². The van der Waals surface area contributed by atoms with E-state index in [1.165, 1.54) is 0 Å². The normalized spacial score (nSPS) is 19.1. The van der Waals surface area contributed by atoms with E-state index in [4.69, 9.17) is 20.8 Å². The molecule has 1 aromatic rings. The van der Waals surface area contributed by atoms with Gasteiger partial charge in [-0.1, -0.05) is 38.4 Å². The molecule has 19 heavy (non-hydrogen) atoms. The van der Waals surface area contributed by atoms with Gasteiger partial charge in [-0.05, 0) is 30.3 Å². The van der Waals surface area contributed by atoms with Crippen molar-refractivity contribution in [3.8, 4) is 0 Å². The van der Waals surface area contributed by atoms with Gasteiger partial charge in [-0.15, -0.1) is 0 Å². The van der Waals surface area contributed by atoms with Gasteiger partial charge in [-0.25, -0.2) is 4.98 Å². The van der Waals surface area contributed by atoms with E-state index in [-0.39, 0.29) is 5.04 Å². The van der Waals surface area contributed by atoms with Crippen molar-refractivity contribution < 1.29 is 9.16 Å². The van der Waals surface area contributed by atoms with E-state index >= 15 is 0 Å². The molecule has 0 bridgehead atoms. The number of halogens is 1. The molecule has 1 aliphatic rings. The summed E-state index contributed by atoms with van der Waals surface area (Å²) < 4.78 is 12.0. The quantitative estimate of drug-likeness (QED) is 0.625. The summed E-state index contributed by atoms with van der Waals surface area (Å²) in [6.07, 6.45) is 0. The summed E-state index contributed by atoms with van der Waals surface area (Å²) in [4.78, 5) is 4.42. The van der Waals surface area contributed by atoms with E-state index in [0.29, 0.717) is 18.4 Å². The third-order valence-electron chi connectivity index (χ3n) is 4.11. The average molecular weight is 300 g/mol. The molecular weight excluding hydrogens is 278 g/mol. The number of hydrogen-bond acceptors (Lipinski definition) is 3. The highest BCUT2D eigenvalue weighted by Crippen LogP contribution is 2.44. The zero-order valence-corrected chi connectivity index (χ0v) is 14.0. The molecule has 0 unspecified atom stereocenters. The van der Waals surface area contributed by atoms with Gasteiger partial charge in [-0.3, -0.25) is 0 Å². The van der Waals surface area contributed by atoms with Gasteiger partial charge in [-0.2, -0.15) is 0 Å². The first kappa shape index (κ1) is 15.0. The van der Waals surface area contributed by atoms with Crippen LogP contribution in [0.15, 0.2) is 18.2 Å². The Bertz CT molecular complexity index is 467. The maximum Gasteiger partial charge on any atom is 0.193 e. The summed E-state index contributed by atoms with van der Waals surface area (Å²) in [5.41, 5.74) is 0.476. The van der Waals surface area contributed by atoms with Crippen LogP contribution in [0.4, 0.5) is 0 Å². The molecule has 0 amide bonds. The Labute approximate surface area is 121 Å². The molecule has 1 saturated heterocycles. The number of ether oxygens (including phenoxy) is 1. The Balaban J connectivity index is 2.30. The minimum atomic E-state index is -1.87. The summed E-state index contributed by atoms with van der Waals surface area (Å²) in [5.74, 6) is 0. The lowest BCUT2D eigenvalue weighted by Gasteiger charge is -2.49. The van der Waals surface area contributed by atoms with Crippen molar-refractivity contribution in [2.45, 2.75) is 44.5 Å². The first-order valence-corrected chi connectivity index (χ1v) is 9.86. The van der Waals surface area contributed by atoms with Crippen molar-refractivity contribution >= 4 is 19.9 Å². The van der Waals surface area contributed by atoms with Gasteiger partial charge in [0.1, 0.15) is 10.8 Å². The summed E-state index contributed by atoms with van der Waals surface area (Å²) in [6.45, 7) is 12.3. The highest BCUT2D eigenvalue weighted by Gasteiger charge is 2.50. The highest BCUT2D eigenvalue weighted by atomic mass is 35.5. The molecular formula is C14H22ClNO2Si. The lowest BCUT2D eigenvalue weighted by molar-refractivity contribution is -0.177. The van der Waals surface area contributed by atoms with Crippen molar-refractivity contribution in [2.24, 2.45) is 0 Å². The largest absolute Gasteiger partial charge is 0.402 e. The van der Waals surface area contributed by atoms with Crippen molar-refractivity contribution in [3.63, 3.8) is 0 Å². The maximum atomic E-state index is 6.56. The lowest BCUT2D eigenvalue weighted by Crippen LogP contribution is -2.57. The second-order valence-corrected chi connectivity index (χ2v) is 11.8. The van der Waals surface area contributed by atoms with Crippen LogP contribution in [0.2, 0.25) is 23.3 Å². The molecule has 0 saturated carbocycles. The molecule has 0 aromatic carbocycles. The first-order valence-electron chi connectivity index (χ1n) is 6.57. The molecule has 1 aromatic heterocycles. The monoisotopic (exact) mass is 299 g/mol. The Morgan fingerprint density at radius 1 is 1.32 bits per heavy atom. The topological polar surface area (TPSA) is 31.4 Å². The van der Waals surface area contributed by atoms with E-state index in [1.807, 2.05) is 12.1 Å². The third-order valence-corrected chi connectivity index (χ3v) is 8.83. The summed E-state index contributed by atoms with van der Waals surface area (Å²) >= 11 is 6.00. The molecule has 2 heterocycles. The van der Waals surface area contributed by atoms with Crippen LogP contribution in [0.5, 0.6) is 0 Å². The van der Waals surface area contributed by atoms with Crippen LogP contribution in [0.1, 0.15) is 26.5 Å². The SMILES string of the molecule is CC(C)(C)[Si](C)(C)OC1(c2cccc(Cl)n2)COC1. The molecule has 0 spiro atoms. The van der Waals surface area contributed by atoms with Crippen molar-refractivity contribution in [1.82, 2.24) is 4.98 Å². The van der Waals surface area contributed by atoms with Crippen LogP contribution in [0, 0.1) is 0 Å². The number of pyridine rings is 1. The van der Waals surface area contributed by atoms with Gasteiger partial charge in [0.15, 0.2) is 8.32 Å². The lowest BCUT2D eigenvalue weighted by atomic mass is 9.97.